The maximum Gasteiger partial charge on any atom is 0.293 e. The molecule has 0 aromatic carbocycles. The quantitative estimate of drug-likeness (QED) is 0.510. The molecule has 0 bridgehead atoms. The Morgan fingerprint density at radius 2 is 2.10 bits per heavy atom. The van der Waals surface area contributed by atoms with E-state index in [0.717, 1.165) is 12.8 Å². The summed E-state index contributed by atoms with van der Waals surface area (Å²) >= 11 is 3.47. The third-order valence-electron chi connectivity index (χ3n) is 1.85. The van der Waals surface area contributed by atoms with E-state index in [-0.39, 0.29) is 6.10 Å². The molecule has 0 radical (unpaired) electrons. The van der Waals surface area contributed by atoms with Crippen LogP contribution in [0.1, 0.15) is 25.7 Å². The molecule has 1 aliphatic rings. The Labute approximate surface area is 69.1 Å². The highest BCUT2D eigenvalue weighted by atomic mass is 79.9. The van der Waals surface area contributed by atoms with Crippen LogP contribution in [0.5, 0.6) is 0 Å². The molecular weight excluding hydrogens is 196 g/mol. The largest absolute Gasteiger partial charge is 0.463 e. The summed E-state index contributed by atoms with van der Waals surface area (Å²) in [7, 11) is 0. The highest BCUT2D eigenvalue weighted by Gasteiger charge is 2.23. The summed E-state index contributed by atoms with van der Waals surface area (Å²) in [6, 6.07) is 0. The van der Waals surface area contributed by atoms with Crippen LogP contribution in [0.25, 0.3) is 0 Å². The van der Waals surface area contributed by atoms with E-state index in [0.29, 0.717) is 11.3 Å². The van der Waals surface area contributed by atoms with E-state index < -0.39 is 0 Å². The zero-order valence-electron chi connectivity index (χ0n) is 5.75. The second kappa shape index (κ2) is 3.96. The van der Waals surface area contributed by atoms with Crippen molar-refractivity contribution in [3.05, 3.63) is 0 Å². The van der Waals surface area contributed by atoms with Crippen LogP contribution in [0.4, 0.5) is 0 Å². The van der Waals surface area contributed by atoms with Gasteiger partial charge in [0.25, 0.3) is 6.47 Å². The van der Waals surface area contributed by atoms with Gasteiger partial charge in [-0.05, 0) is 19.3 Å². The maximum atomic E-state index is 9.98. The van der Waals surface area contributed by atoms with Crippen LogP contribution in [-0.2, 0) is 9.53 Å². The molecule has 3 heteroatoms. The van der Waals surface area contributed by atoms with Gasteiger partial charge in [0.1, 0.15) is 6.10 Å². The van der Waals surface area contributed by atoms with Crippen LogP contribution in [0.2, 0.25) is 0 Å². The van der Waals surface area contributed by atoms with Gasteiger partial charge in [0, 0.05) is 0 Å². The highest BCUT2D eigenvalue weighted by Crippen LogP contribution is 2.26. The lowest BCUT2D eigenvalue weighted by Gasteiger charge is -2.25. The van der Waals surface area contributed by atoms with Gasteiger partial charge in [-0.25, -0.2) is 0 Å². The molecule has 0 saturated heterocycles. The molecule has 0 N–H and O–H groups in total. The summed E-state index contributed by atoms with van der Waals surface area (Å²) in [5, 5.41) is 0. The van der Waals surface area contributed by atoms with Gasteiger partial charge in [-0.3, -0.25) is 4.79 Å². The molecule has 2 atom stereocenters. The maximum absolute atomic E-state index is 9.98. The van der Waals surface area contributed by atoms with Crippen LogP contribution in [-0.4, -0.2) is 17.4 Å². The minimum atomic E-state index is 0.117. The van der Waals surface area contributed by atoms with E-state index in [1.165, 1.54) is 12.8 Å². The molecule has 2 nitrogen and oxygen atoms in total. The number of hydrogen-bond acceptors (Lipinski definition) is 2. The SMILES string of the molecule is O=COC1CCCCC1Br. The van der Waals surface area contributed by atoms with Gasteiger partial charge in [-0.1, -0.05) is 22.4 Å². The van der Waals surface area contributed by atoms with Gasteiger partial charge in [-0.2, -0.15) is 0 Å². The van der Waals surface area contributed by atoms with Crippen molar-refractivity contribution < 1.29 is 9.53 Å². The van der Waals surface area contributed by atoms with Gasteiger partial charge < -0.3 is 4.74 Å². The Bertz CT molecular complexity index is 116. The second-order valence-corrected chi connectivity index (χ2v) is 3.75. The standard InChI is InChI=1S/C7H11BrO2/c8-6-3-1-2-4-7(6)10-5-9/h5-7H,1-4H2. The molecule has 0 spiro atoms. The van der Waals surface area contributed by atoms with Crippen molar-refractivity contribution in [2.24, 2.45) is 0 Å². The van der Waals surface area contributed by atoms with Crippen LogP contribution >= 0.6 is 15.9 Å². The molecule has 0 amide bonds. The number of rotatable bonds is 2. The molecule has 2 unspecified atom stereocenters. The topological polar surface area (TPSA) is 26.3 Å². The van der Waals surface area contributed by atoms with E-state index in [2.05, 4.69) is 15.9 Å². The molecule has 1 fully saturated rings. The van der Waals surface area contributed by atoms with E-state index in [9.17, 15) is 4.79 Å². The summed E-state index contributed by atoms with van der Waals surface area (Å²) in [6.45, 7) is 0.546. The summed E-state index contributed by atoms with van der Waals surface area (Å²) in [6.07, 6.45) is 4.67. The monoisotopic (exact) mass is 206 g/mol. The molecule has 1 rings (SSSR count). The van der Waals surface area contributed by atoms with Gasteiger partial charge >= 0.3 is 0 Å². The van der Waals surface area contributed by atoms with Crippen molar-refractivity contribution in [1.82, 2.24) is 0 Å². The molecule has 0 aliphatic heterocycles. The first-order valence-electron chi connectivity index (χ1n) is 3.58. The van der Waals surface area contributed by atoms with Gasteiger partial charge in [-0.15, -0.1) is 0 Å². The van der Waals surface area contributed by atoms with Crippen molar-refractivity contribution in [2.45, 2.75) is 36.6 Å². The van der Waals surface area contributed by atoms with Crippen molar-refractivity contribution in [3.63, 3.8) is 0 Å². The van der Waals surface area contributed by atoms with Gasteiger partial charge in [0.05, 0.1) is 4.83 Å². The molecule has 0 heterocycles. The number of ether oxygens (including phenoxy) is 1. The Morgan fingerprint density at radius 3 is 2.70 bits per heavy atom. The minimum absolute atomic E-state index is 0.117. The van der Waals surface area contributed by atoms with Crippen LogP contribution in [0.15, 0.2) is 0 Å². The third kappa shape index (κ3) is 1.97. The van der Waals surface area contributed by atoms with Crippen LogP contribution in [0.3, 0.4) is 0 Å². The molecule has 1 saturated carbocycles. The summed E-state index contributed by atoms with van der Waals surface area (Å²) < 4.78 is 4.87. The van der Waals surface area contributed by atoms with Gasteiger partial charge in [0.2, 0.25) is 0 Å². The van der Waals surface area contributed by atoms with E-state index in [4.69, 9.17) is 4.74 Å². The Hall–Kier alpha value is -0.0500. The number of carbonyl (C=O) groups excluding carboxylic acids is 1. The normalized spacial score (nSPS) is 33.3. The average Bonchev–Trinajstić information content (AvgIpc) is 1.94. The fraction of sp³-hybridized carbons (Fsp3) is 0.857. The van der Waals surface area contributed by atoms with Crippen molar-refractivity contribution in [1.29, 1.82) is 0 Å². The Kier molecular flexibility index (Phi) is 3.19. The molecule has 10 heavy (non-hydrogen) atoms. The Balaban J connectivity index is 2.32. The van der Waals surface area contributed by atoms with E-state index >= 15 is 0 Å². The summed E-state index contributed by atoms with van der Waals surface area (Å²) in [4.78, 5) is 10.4. The lowest BCUT2D eigenvalue weighted by molar-refractivity contribution is -0.134. The van der Waals surface area contributed by atoms with Crippen LogP contribution < -0.4 is 0 Å². The van der Waals surface area contributed by atoms with E-state index in [1.54, 1.807) is 0 Å². The smallest absolute Gasteiger partial charge is 0.293 e. The molecule has 58 valence electrons. The number of halogens is 1. The van der Waals surface area contributed by atoms with E-state index in [1.807, 2.05) is 0 Å². The summed E-state index contributed by atoms with van der Waals surface area (Å²) in [5.41, 5.74) is 0. The zero-order chi connectivity index (χ0) is 7.40. The first-order chi connectivity index (χ1) is 4.84. The van der Waals surface area contributed by atoms with Crippen LogP contribution in [0, 0.1) is 0 Å². The average molecular weight is 207 g/mol. The van der Waals surface area contributed by atoms with Crippen molar-refractivity contribution in [3.8, 4) is 0 Å². The molecule has 1 aliphatic carbocycles. The highest BCUT2D eigenvalue weighted by molar-refractivity contribution is 9.09. The number of alkyl halides is 1. The second-order valence-electron chi connectivity index (χ2n) is 2.57. The fourth-order valence-corrected chi connectivity index (χ4v) is 1.99. The third-order valence-corrected chi connectivity index (χ3v) is 2.90. The first kappa shape index (κ1) is 8.05. The van der Waals surface area contributed by atoms with Crippen molar-refractivity contribution >= 4 is 22.4 Å². The predicted octanol–water partition coefficient (Wildman–Crippen LogP) is 1.87. The lowest BCUT2D eigenvalue weighted by Crippen LogP contribution is -2.27. The van der Waals surface area contributed by atoms with Crippen molar-refractivity contribution in [2.75, 3.05) is 0 Å². The molecule has 0 aromatic heterocycles. The Morgan fingerprint density at radius 1 is 1.40 bits per heavy atom. The molecule has 0 aromatic rings. The lowest BCUT2D eigenvalue weighted by atomic mass is 9.98. The minimum Gasteiger partial charge on any atom is -0.463 e. The van der Waals surface area contributed by atoms with Gasteiger partial charge in [0.15, 0.2) is 0 Å². The summed E-state index contributed by atoms with van der Waals surface area (Å²) in [5.74, 6) is 0. The molecular formula is C7H11BrO2. The first-order valence-corrected chi connectivity index (χ1v) is 4.49. The zero-order valence-corrected chi connectivity index (χ0v) is 7.34. The predicted molar refractivity (Wildman–Crippen MR) is 42.1 cm³/mol. The number of carbonyl (C=O) groups is 1. The fourth-order valence-electron chi connectivity index (χ4n) is 1.28. The number of hydrogen-bond donors (Lipinski definition) is 0.